The molecule has 0 spiro atoms. The first-order chi connectivity index (χ1) is 18.1. The van der Waals surface area contributed by atoms with E-state index >= 15 is 0 Å². The molecule has 0 saturated heterocycles. The van der Waals surface area contributed by atoms with Crippen molar-refractivity contribution in [3.05, 3.63) is 95.0 Å². The highest BCUT2D eigenvalue weighted by molar-refractivity contribution is 7.92. The van der Waals surface area contributed by atoms with Gasteiger partial charge in [-0.2, -0.15) is 0 Å². The monoisotopic (exact) mass is 555 g/mol. The van der Waals surface area contributed by atoms with Gasteiger partial charge in [0.1, 0.15) is 12.6 Å². The minimum absolute atomic E-state index is 0.0162. The average Bonchev–Trinajstić information content (AvgIpc) is 2.91. The lowest BCUT2D eigenvalue weighted by Gasteiger charge is -2.32. The van der Waals surface area contributed by atoms with Crippen LogP contribution in [0.4, 0.5) is 5.69 Å². The molecule has 9 heteroatoms. The first-order valence-electron chi connectivity index (χ1n) is 12.6. The average molecular weight is 556 g/mol. The highest BCUT2D eigenvalue weighted by atomic mass is 35.5. The number of carbonyl (C=O) groups excluding carboxylic acids is 2. The van der Waals surface area contributed by atoms with E-state index in [0.29, 0.717) is 29.2 Å². The Morgan fingerprint density at radius 1 is 0.947 bits per heavy atom. The number of carbonyl (C=O) groups is 2. The summed E-state index contributed by atoms with van der Waals surface area (Å²) in [5.41, 5.74) is 2.10. The highest BCUT2D eigenvalue weighted by Crippen LogP contribution is 2.27. The van der Waals surface area contributed by atoms with E-state index in [1.165, 1.54) is 29.2 Å². The number of rotatable bonds is 12. The van der Waals surface area contributed by atoms with Crippen molar-refractivity contribution in [1.29, 1.82) is 0 Å². The lowest BCUT2D eigenvalue weighted by atomic mass is 10.1. The molecule has 3 rings (SSSR count). The van der Waals surface area contributed by atoms with Gasteiger partial charge in [-0.25, -0.2) is 8.42 Å². The molecular weight excluding hydrogens is 522 g/mol. The third kappa shape index (κ3) is 7.36. The number of sulfonamides is 1. The zero-order chi connectivity index (χ0) is 27.7. The van der Waals surface area contributed by atoms with Crippen LogP contribution < -0.4 is 9.62 Å². The third-order valence-corrected chi connectivity index (χ3v) is 8.29. The van der Waals surface area contributed by atoms with E-state index in [2.05, 4.69) is 5.32 Å². The maximum absolute atomic E-state index is 13.8. The Kier molecular flexibility index (Phi) is 10.3. The molecular formula is C29H34ClN3O4S. The molecule has 38 heavy (non-hydrogen) atoms. The Balaban J connectivity index is 1.97. The molecule has 0 saturated carbocycles. The number of aryl methyl sites for hydroxylation is 1. The number of nitrogens with zero attached hydrogens (tertiary/aromatic N) is 2. The van der Waals surface area contributed by atoms with E-state index < -0.39 is 28.5 Å². The number of anilines is 1. The topological polar surface area (TPSA) is 86.8 Å². The second-order valence-electron chi connectivity index (χ2n) is 9.04. The number of para-hydroxylation sites is 1. The maximum atomic E-state index is 13.8. The first-order valence-corrected chi connectivity index (χ1v) is 14.4. The van der Waals surface area contributed by atoms with Gasteiger partial charge in [0.15, 0.2) is 0 Å². The number of halogens is 1. The second kappa shape index (κ2) is 13.4. The summed E-state index contributed by atoms with van der Waals surface area (Å²) in [4.78, 5) is 28.2. The molecule has 202 valence electrons. The summed E-state index contributed by atoms with van der Waals surface area (Å²) in [6.45, 7) is 5.69. The van der Waals surface area contributed by atoms with Crippen LogP contribution in [0.5, 0.6) is 0 Å². The number of hydrogen-bond donors (Lipinski definition) is 1. The van der Waals surface area contributed by atoms with Crippen LogP contribution in [0.3, 0.4) is 0 Å². The van der Waals surface area contributed by atoms with Crippen molar-refractivity contribution in [3.8, 4) is 0 Å². The third-order valence-electron chi connectivity index (χ3n) is 6.27. The normalized spacial score (nSPS) is 12.0. The first kappa shape index (κ1) is 29.2. The van der Waals surface area contributed by atoms with Crippen molar-refractivity contribution < 1.29 is 18.0 Å². The van der Waals surface area contributed by atoms with Crippen LogP contribution in [-0.4, -0.2) is 50.8 Å². The van der Waals surface area contributed by atoms with Gasteiger partial charge in [0.25, 0.3) is 10.0 Å². The van der Waals surface area contributed by atoms with Crippen molar-refractivity contribution in [2.75, 3.05) is 23.9 Å². The van der Waals surface area contributed by atoms with Gasteiger partial charge in [0, 0.05) is 18.1 Å². The molecule has 0 aliphatic rings. The molecule has 0 bridgehead atoms. The molecule has 1 atom stereocenters. The summed E-state index contributed by atoms with van der Waals surface area (Å²) < 4.78 is 28.7. The lowest BCUT2D eigenvalue weighted by molar-refractivity contribution is -0.138. The van der Waals surface area contributed by atoms with Crippen LogP contribution >= 0.6 is 11.6 Å². The summed E-state index contributed by atoms with van der Waals surface area (Å²) in [5, 5.41) is 3.25. The van der Waals surface area contributed by atoms with Crippen LogP contribution in [0.25, 0.3) is 0 Å². The van der Waals surface area contributed by atoms with E-state index in [-0.39, 0.29) is 17.3 Å². The van der Waals surface area contributed by atoms with Gasteiger partial charge in [0.2, 0.25) is 11.8 Å². The Morgan fingerprint density at radius 3 is 2.21 bits per heavy atom. The van der Waals surface area contributed by atoms with E-state index in [1.54, 1.807) is 38.1 Å². The van der Waals surface area contributed by atoms with Gasteiger partial charge >= 0.3 is 0 Å². The largest absolute Gasteiger partial charge is 0.354 e. The van der Waals surface area contributed by atoms with Crippen LogP contribution in [0.2, 0.25) is 5.02 Å². The second-order valence-corrected chi connectivity index (χ2v) is 11.3. The number of benzene rings is 3. The highest BCUT2D eigenvalue weighted by Gasteiger charge is 2.32. The predicted molar refractivity (Wildman–Crippen MR) is 152 cm³/mol. The molecule has 7 nitrogen and oxygen atoms in total. The number of hydrogen-bond acceptors (Lipinski definition) is 4. The summed E-state index contributed by atoms with van der Waals surface area (Å²) in [6.07, 6.45) is 1.28. The zero-order valence-corrected chi connectivity index (χ0v) is 23.5. The summed E-state index contributed by atoms with van der Waals surface area (Å²) >= 11 is 5.99. The molecule has 0 heterocycles. The Hall–Kier alpha value is -3.36. The Morgan fingerprint density at radius 2 is 1.58 bits per heavy atom. The molecule has 0 unspecified atom stereocenters. The van der Waals surface area contributed by atoms with E-state index in [0.717, 1.165) is 16.3 Å². The van der Waals surface area contributed by atoms with E-state index in [9.17, 15) is 18.0 Å². The van der Waals surface area contributed by atoms with Gasteiger partial charge in [-0.15, -0.1) is 0 Å². The van der Waals surface area contributed by atoms with Crippen molar-refractivity contribution >= 4 is 39.1 Å². The number of nitrogens with one attached hydrogen (secondary N) is 1. The molecule has 1 N–H and O–H groups in total. The summed E-state index contributed by atoms with van der Waals surface area (Å²) in [5.74, 6) is -0.753. The SMILES string of the molecule is CCCNC(=O)[C@@H](C)N(CCc1ccccc1)C(=O)CN(c1ccccc1C)S(=O)(=O)c1ccc(Cl)cc1. The zero-order valence-electron chi connectivity index (χ0n) is 21.9. The minimum Gasteiger partial charge on any atom is -0.354 e. The molecule has 0 fully saturated rings. The lowest BCUT2D eigenvalue weighted by Crippen LogP contribution is -2.52. The van der Waals surface area contributed by atoms with Crippen molar-refractivity contribution in [3.63, 3.8) is 0 Å². The summed E-state index contributed by atoms with van der Waals surface area (Å²) in [7, 11) is -4.12. The van der Waals surface area contributed by atoms with Gasteiger partial charge in [-0.1, -0.05) is 67.1 Å². The Bertz CT molecular complexity index is 1330. The maximum Gasteiger partial charge on any atom is 0.264 e. The van der Waals surface area contributed by atoms with Crippen LogP contribution in [-0.2, 0) is 26.0 Å². The molecule has 0 aliphatic carbocycles. The molecule has 3 aromatic carbocycles. The van der Waals surface area contributed by atoms with Gasteiger partial charge in [-0.3, -0.25) is 13.9 Å². The molecule has 0 radical (unpaired) electrons. The van der Waals surface area contributed by atoms with Gasteiger partial charge in [0.05, 0.1) is 10.6 Å². The molecule has 2 amide bonds. The van der Waals surface area contributed by atoms with Crippen molar-refractivity contribution in [2.45, 2.75) is 44.6 Å². The molecule has 0 aliphatic heterocycles. The molecule has 3 aromatic rings. The predicted octanol–water partition coefficient (Wildman–Crippen LogP) is 4.83. The van der Waals surface area contributed by atoms with Crippen molar-refractivity contribution in [1.82, 2.24) is 10.2 Å². The van der Waals surface area contributed by atoms with Gasteiger partial charge < -0.3 is 10.2 Å². The van der Waals surface area contributed by atoms with Crippen LogP contribution in [0, 0.1) is 6.92 Å². The Labute approximate surface area is 230 Å². The van der Waals surface area contributed by atoms with E-state index in [1.807, 2.05) is 37.3 Å². The van der Waals surface area contributed by atoms with E-state index in [4.69, 9.17) is 11.6 Å². The van der Waals surface area contributed by atoms with Crippen LogP contribution in [0.15, 0.2) is 83.8 Å². The van der Waals surface area contributed by atoms with Crippen LogP contribution in [0.1, 0.15) is 31.4 Å². The standard InChI is InChI=1S/C29H34ClN3O4S/c1-4-19-31-29(35)23(3)32(20-18-24-11-6-5-7-12-24)28(34)21-33(27-13-9-8-10-22(27)2)38(36,37)26-16-14-25(30)15-17-26/h5-17,23H,4,18-21H2,1-3H3,(H,31,35)/t23-/m1/s1. The fraction of sp³-hybridized carbons (Fsp3) is 0.310. The van der Waals surface area contributed by atoms with Crippen molar-refractivity contribution in [2.24, 2.45) is 0 Å². The number of amides is 2. The fourth-order valence-electron chi connectivity index (χ4n) is 4.06. The van der Waals surface area contributed by atoms with Gasteiger partial charge in [-0.05, 0) is 68.1 Å². The quantitative estimate of drug-likeness (QED) is 0.347. The minimum atomic E-state index is -4.12. The fourth-order valence-corrected chi connectivity index (χ4v) is 5.66. The molecule has 0 aromatic heterocycles. The smallest absolute Gasteiger partial charge is 0.264 e. The summed E-state index contributed by atoms with van der Waals surface area (Å²) in [6, 6.07) is 21.7.